The molecule has 4 aliphatic rings. The van der Waals surface area contributed by atoms with Crippen molar-refractivity contribution in [2.45, 2.75) is 69.1 Å². The third-order valence-electron chi connectivity index (χ3n) is 8.47. The first-order valence-electron chi connectivity index (χ1n) is 12.8. The van der Waals surface area contributed by atoms with Crippen molar-refractivity contribution >= 4 is 11.2 Å². The molecule has 2 atom stereocenters. The molecule has 0 spiro atoms. The summed E-state index contributed by atoms with van der Waals surface area (Å²) in [5.41, 5.74) is -2.05. The van der Waals surface area contributed by atoms with Crippen molar-refractivity contribution in [3.63, 3.8) is 0 Å². The molecular weight excluding hydrogens is 523 g/mol. The minimum absolute atomic E-state index is 0.0215. The molecule has 0 N–H and O–H groups in total. The number of hydrogen-bond acceptors (Lipinski definition) is 7. The first kappa shape index (κ1) is 26.0. The van der Waals surface area contributed by atoms with E-state index in [4.69, 9.17) is 9.72 Å². The van der Waals surface area contributed by atoms with Crippen molar-refractivity contribution in [1.29, 1.82) is 0 Å². The Morgan fingerprint density at radius 1 is 1.10 bits per heavy atom. The molecular formula is C26H27F5N6O2. The summed E-state index contributed by atoms with van der Waals surface area (Å²) in [5.74, 6) is 0.184. The van der Waals surface area contributed by atoms with Crippen LogP contribution in [-0.2, 0) is 10.2 Å². The summed E-state index contributed by atoms with van der Waals surface area (Å²) in [6.07, 6.45) is -5.25. The molecule has 0 radical (unpaired) electrons. The van der Waals surface area contributed by atoms with E-state index in [0.29, 0.717) is 25.3 Å². The number of rotatable bonds is 5. The lowest BCUT2D eigenvalue weighted by atomic mass is 9.34. The number of aryl methyl sites for hydroxylation is 1. The first-order chi connectivity index (χ1) is 18.3. The van der Waals surface area contributed by atoms with E-state index in [9.17, 15) is 26.7 Å². The van der Waals surface area contributed by atoms with Crippen molar-refractivity contribution in [1.82, 2.24) is 24.6 Å². The van der Waals surface area contributed by atoms with Gasteiger partial charge in [-0.3, -0.25) is 4.79 Å². The molecule has 13 heteroatoms. The summed E-state index contributed by atoms with van der Waals surface area (Å²) in [5, 5.41) is 1.65. The van der Waals surface area contributed by atoms with Crippen molar-refractivity contribution < 1.29 is 26.7 Å². The second-order valence-electron chi connectivity index (χ2n) is 11.3. The van der Waals surface area contributed by atoms with Crippen LogP contribution in [0, 0.1) is 12.3 Å². The maximum absolute atomic E-state index is 13.7. The molecule has 0 aromatic carbocycles. The van der Waals surface area contributed by atoms with E-state index in [2.05, 4.69) is 15.0 Å². The molecule has 3 aromatic rings. The van der Waals surface area contributed by atoms with E-state index in [1.807, 2.05) is 0 Å². The standard InChI is InChI=1S/C26H27F5N6O2/c1-13-18(21(27)28)33-19-20(24-10-25(11-24,12-24)26(29,30)31)34-22(35-23(19)32-13)14-6-7-39-16(8-14)15-4-5-17(38)37(9-15)36(2)3/h4-5,9,14,16,21H,6-8,10-12H2,1-3H3. The number of alkyl halides is 5. The highest BCUT2D eigenvalue weighted by Crippen LogP contribution is 2.78. The number of aromatic nitrogens is 5. The van der Waals surface area contributed by atoms with Gasteiger partial charge in [0.1, 0.15) is 17.0 Å². The number of halogens is 5. The van der Waals surface area contributed by atoms with E-state index < -0.39 is 29.1 Å². The predicted octanol–water partition coefficient (Wildman–Crippen LogP) is 4.64. The molecule has 3 aromatic heterocycles. The SMILES string of the molecule is Cc1nc2nc(C3CCOC(c4ccc(=O)n(N(C)C)c4)C3)nc(C34CC(C(F)(F)F)(C3)C4)c2nc1C(F)F. The van der Waals surface area contributed by atoms with Gasteiger partial charge in [-0.15, -0.1) is 0 Å². The summed E-state index contributed by atoms with van der Waals surface area (Å²) in [6.45, 7) is 1.80. The molecule has 4 heterocycles. The highest BCUT2D eigenvalue weighted by molar-refractivity contribution is 5.75. The van der Waals surface area contributed by atoms with Crippen LogP contribution in [0.25, 0.3) is 11.2 Å². The fourth-order valence-electron chi connectivity index (χ4n) is 6.42. The Labute approximate surface area is 220 Å². The van der Waals surface area contributed by atoms with Crippen LogP contribution in [0.15, 0.2) is 23.1 Å². The van der Waals surface area contributed by atoms with Crippen LogP contribution in [-0.4, -0.2) is 51.5 Å². The monoisotopic (exact) mass is 550 g/mol. The largest absolute Gasteiger partial charge is 0.394 e. The first-order valence-corrected chi connectivity index (χ1v) is 12.8. The number of nitrogens with zero attached hydrogens (tertiary/aromatic N) is 6. The molecule has 3 aliphatic carbocycles. The van der Waals surface area contributed by atoms with Gasteiger partial charge in [0.25, 0.3) is 12.0 Å². The van der Waals surface area contributed by atoms with Gasteiger partial charge in [-0.25, -0.2) is 33.4 Å². The fraction of sp³-hybridized carbons (Fsp3) is 0.577. The molecule has 39 heavy (non-hydrogen) atoms. The van der Waals surface area contributed by atoms with Crippen LogP contribution in [0.1, 0.15) is 79.0 Å². The number of ether oxygens (including phenoxy) is 1. The van der Waals surface area contributed by atoms with Crippen LogP contribution >= 0.6 is 0 Å². The lowest BCUT2D eigenvalue weighted by molar-refractivity contribution is -0.337. The summed E-state index contributed by atoms with van der Waals surface area (Å²) < 4.78 is 75.6. The van der Waals surface area contributed by atoms with Gasteiger partial charge in [0.15, 0.2) is 5.65 Å². The van der Waals surface area contributed by atoms with Gasteiger partial charge >= 0.3 is 6.18 Å². The van der Waals surface area contributed by atoms with Crippen molar-refractivity contribution in [2.75, 3.05) is 25.7 Å². The van der Waals surface area contributed by atoms with Gasteiger partial charge in [-0.05, 0) is 50.7 Å². The number of fused-ring (bicyclic) bond motifs is 1. The third-order valence-corrected chi connectivity index (χ3v) is 8.47. The Bertz CT molecular complexity index is 1500. The summed E-state index contributed by atoms with van der Waals surface area (Å²) in [6, 6.07) is 3.17. The molecule has 0 amide bonds. The highest BCUT2D eigenvalue weighted by Gasteiger charge is 2.79. The minimum atomic E-state index is -4.33. The summed E-state index contributed by atoms with van der Waals surface area (Å²) in [7, 11) is 3.49. The lowest BCUT2D eigenvalue weighted by Crippen LogP contribution is -2.70. The van der Waals surface area contributed by atoms with E-state index >= 15 is 0 Å². The zero-order valence-electron chi connectivity index (χ0n) is 21.6. The average Bonchev–Trinajstić information content (AvgIpc) is 2.80. The zero-order chi connectivity index (χ0) is 27.9. The maximum Gasteiger partial charge on any atom is 0.394 e. The van der Waals surface area contributed by atoms with Crippen LogP contribution in [0.3, 0.4) is 0 Å². The van der Waals surface area contributed by atoms with Gasteiger partial charge in [-0.1, -0.05) is 0 Å². The minimum Gasteiger partial charge on any atom is -0.373 e. The second-order valence-corrected chi connectivity index (χ2v) is 11.3. The molecule has 8 nitrogen and oxygen atoms in total. The number of hydrogen-bond donors (Lipinski definition) is 0. The molecule has 3 saturated carbocycles. The van der Waals surface area contributed by atoms with Crippen molar-refractivity contribution in [3.8, 4) is 0 Å². The number of pyridine rings is 1. The third kappa shape index (κ3) is 3.99. The van der Waals surface area contributed by atoms with E-state index in [-0.39, 0.29) is 59.4 Å². The second kappa shape index (κ2) is 8.64. The Balaban J connectivity index is 1.39. The Hall–Kier alpha value is -3.22. The van der Waals surface area contributed by atoms with E-state index in [0.717, 1.165) is 5.56 Å². The lowest BCUT2D eigenvalue weighted by Gasteiger charge is -2.70. The summed E-state index contributed by atoms with van der Waals surface area (Å²) in [4.78, 5) is 29.9. The van der Waals surface area contributed by atoms with Gasteiger partial charge in [0, 0.05) is 44.3 Å². The normalized spacial score (nSPS) is 28.3. The van der Waals surface area contributed by atoms with E-state index in [1.165, 1.54) is 17.7 Å². The molecule has 4 fully saturated rings. The molecule has 7 rings (SSSR count). The highest BCUT2D eigenvalue weighted by atomic mass is 19.4. The predicted molar refractivity (Wildman–Crippen MR) is 130 cm³/mol. The Kier molecular flexibility index (Phi) is 5.76. The molecule has 208 valence electrons. The van der Waals surface area contributed by atoms with E-state index in [1.54, 1.807) is 31.4 Å². The quantitative estimate of drug-likeness (QED) is 0.428. The van der Waals surface area contributed by atoms with Crippen molar-refractivity contribution in [2.24, 2.45) is 5.41 Å². The maximum atomic E-state index is 13.7. The van der Waals surface area contributed by atoms with Gasteiger partial charge in [-0.2, -0.15) is 13.2 Å². The Morgan fingerprint density at radius 2 is 1.82 bits per heavy atom. The zero-order valence-corrected chi connectivity index (χ0v) is 21.6. The van der Waals surface area contributed by atoms with Gasteiger partial charge in [0.05, 0.1) is 22.9 Å². The Morgan fingerprint density at radius 3 is 2.46 bits per heavy atom. The topological polar surface area (TPSA) is 86.0 Å². The van der Waals surface area contributed by atoms with Gasteiger partial charge < -0.3 is 9.75 Å². The average molecular weight is 551 g/mol. The summed E-state index contributed by atoms with van der Waals surface area (Å²) >= 11 is 0. The van der Waals surface area contributed by atoms with Crippen LogP contribution < -0.4 is 10.6 Å². The molecule has 2 bridgehead atoms. The van der Waals surface area contributed by atoms with Crippen LogP contribution in [0.4, 0.5) is 22.0 Å². The fourth-order valence-corrected chi connectivity index (χ4v) is 6.42. The van der Waals surface area contributed by atoms with Gasteiger partial charge in [0.2, 0.25) is 0 Å². The van der Waals surface area contributed by atoms with Crippen molar-refractivity contribution in [3.05, 3.63) is 57.2 Å². The van der Waals surface area contributed by atoms with Crippen LogP contribution in [0.2, 0.25) is 0 Å². The molecule has 1 aliphatic heterocycles. The van der Waals surface area contributed by atoms with Crippen LogP contribution in [0.5, 0.6) is 0 Å². The smallest absolute Gasteiger partial charge is 0.373 e. The molecule has 2 unspecified atom stereocenters. The molecule has 1 saturated heterocycles.